The SMILES string of the molecule is CC1=C(C(=O)Nc2cccc(C(=O)NCc3cccs3)c2)SCCO1. The van der Waals surface area contributed by atoms with Crippen molar-refractivity contribution in [2.24, 2.45) is 0 Å². The van der Waals surface area contributed by atoms with Gasteiger partial charge in [-0.05, 0) is 36.6 Å². The summed E-state index contributed by atoms with van der Waals surface area (Å²) in [6.45, 7) is 2.90. The summed E-state index contributed by atoms with van der Waals surface area (Å²) in [5.41, 5.74) is 1.09. The van der Waals surface area contributed by atoms with Gasteiger partial charge in [0.05, 0.1) is 13.2 Å². The number of thioether (sulfide) groups is 1. The van der Waals surface area contributed by atoms with E-state index in [2.05, 4.69) is 10.6 Å². The third-order valence-corrected chi connectivity index (χ3v) is 5.57. The molecule has 0 unspecified atom stereocenters. The van der Waals surface area contributed by atoms with Crippen molar-refractivity contribution in [1.82, 2.24) is 5.32 Å². The molecule has 0 atom stereocenters. The number of hydrogen-bond acceptors (Lipinski definition) is 5. The van der Waals surface area contributed by atoms with E-state index in [1.165, 1.54) is 11.8 Å². The molecule has 2 amide bonds. The van der Waals surface area contributed by atoms with E-state index in [9.17, 15) is 9.59 Å². The van der Waals surface area contributed by atoms with Crippen LogP contribution in [-0.4, -0.2) is 24.2 Å². The number of rotatable bonds is 5. The predicted octanol–water partition coefficient (Wildman–Crippen LogP) is 3.61. The topological polar surface area (TPSA) is 67.4 Å². The van der Waals surface area contributed by atoms with Crippen LogP contribution in [0.5, 0.6) is 0 Å². The second-order valence-corrected chi connectivity index (χ2v) is 7.52. The second-order valence-electron chi connectivity index (χ2n) is 5.38. The molecule has 0 saturated heterocycles. The van der Waals surface area contributed by atoms with E-state index in [1.807, 2.05) is 17.5 Å². The fraction of sp³-hybridized carbons (Fsp3) is 0.222. The minimum absolute atomic E-state index is 0.171. The van der Waals surface area contributed by atoms with Crippen molar-refractivity contribution < 1.29 is 14.3 Å². The number of carbonyl (C=O) groups is 2. The smallest absolute Gasteiger partial charge is 0.265 e. The number of hydrogen-bond donors (Lipinski definition) is 2. The summed E-state index contributed by atoms with van der Waals surface area (Å²) in [5, 5.41) is 7.68. The molecule has 3 rings (SSSR count). The molecule has 1 aromatic heterocycles. The number of anilines is 1. The van der Waals surface area contributed by atoms with Crippen LogP contribution in [-0.2, 0) is 16.1 Å². The molecule has 0 fully saturated rings. The van der Waals surface area contributed by atoms with Crippen molar-refractivity contribution in [1.29, 1.82) is 0 Å². The second kappa shape index (κ2) is 8.22. The number of thiophene rings is 1. The number of carbonyl (C=O) groups excluding carboxylic acids is 2. The van der Waals surface area contributed by atoms with Gasteiger partial charge in [-0.15, -0.1) is 23.1 Å². The lowest BCUT2D eigenvalue weighted by atomic mass is 10.2. The third-order valence-electron chi connectivity index (χ3n) is 3.56. The van der Waals surface area contributed by atoms with Crippen LogP contribution < -0.4 is 10.6 Å². The lowest BCUT2D eigenvalue weighted by Gasteiger charge is -2.17. The quantitative estimate of drug-likeness (QED) is 0.839. The zero-order valence-electron chi connectivity index (χ0n) is 13.7. The van der Waals surface area contributed by atoms with Crippen LogP contribution in [0, 0.1) is 0 Å². The van der Waals surface area contributed by atoms with Gasteiger partial charge in [-0.25, -0.2) is 0 Å². The highest BCUT2D eigenvalue weighted by atomic mass is 32.2. The van der Waals surface area contributed by atoms with E-state index >= 15 is 0 Å². The summed E-state index contributed by atoms with van der Waals surface area (Å²) >= 11 is 3.08. The van der Waals surface area contributed by atoms with Crippen molar-refractivity contribution in [3.05, 3.63) is 62.9 Å². The lowest BCUT2D eigenvalue weighted by molar-refractivity contribution is -0.112. The number of benzene rings is 1. The first-order valence-corrected chi connectivity index (χ1v) is 9.68. The summed E-state index contributed by atoms with van der Waals surface area (Å²) in [6.07, 6.45) is 0. The molecular formula is C18H18N2O3S2. The van der Waals surface area contributed by atoms with Crippen LogP contribution in [0.4, 0.5) is 5.69 Å². The van der Waals surface area contributed by atoms with Crippen molar-refractivity contribution in [2.75, 3.05) is 17.7 Å². The van der Waals surface area contributed by atoms with Gasteiger partial charge in [-0.3, -0.25) is 9.59 Å². The van der Waals surface area contributed by atoms with Crippen molar-refractivity contribution in [3.63, 3.8) is 0 Å². The van der Waals surface area contributed by atoms with Gasteiger partial charge in [0.2, 0.25) is 0 Å². The van der Waals surface area contributed by atoms with Gasteiger partial charge in [-0.1, -0.05) is 12.1 Å². The van der Waals surface area contributed by atoms with Crippen LogP contribution in [0.3, 0.4) is 0 Å². The summed E-state index contributed by atoms with van der Waals surface area (Å²) in [6, 6.07) is 10.8. The number of allylic oxidation sites excluding steroid dienone is 1. The minimum atomic E-state index is -0.210. The maximum Gasteiger partial charge on any atom is 0.265 e. The van der Waals surface area contributed by atoms with Gasteiger partial charge in [-0.2, -0.15) is 0 Å². The van der Waals surface area contributed by atoms with Gasteiger partial charge < -0.3 is 15.4 Å². The third kappa shape index (κ3) is 4.64. The first-order chi connectivity index (χ1) is 12.1. The average molecular weight is 374 g/mol. The summed E-state index contributed by atoms with van der Waals surface area (Å²) in [5.74, 6) is 1.01. The number of amides is 2. The molecule has 0 spiro atoms. The zero-order valence-corrected chi connectivity index (χ0v) is 15.3. The monoisotopic (exact) mass is 374 g/mol. The Labute approximate surface area is 154 Å². The maximum absolute atomic E-state index is 12.4. The lowest BCUT2D eigenvalue weighted by Crippen LogP contribution is -2.23. The van der Waals surface area contributed by atoms with Gasteiger partial charge in [0, 0.05) is 21.9 Å². The zero-order chi connectivity index (χ0) is 17.6. The number of nitrogens with one attached hydrogen (secondary N) is 2. The van der Waals surface area contributed by atoms with Gasteiger partial charge in [0.1, 0.15) is 10.7 Å². The molecule has 0 radical (unpaired) electrons. The van der Waals surface area contributed by atoms with E-state index in [4.69, 9.17) is 4.74 Å². The Bertz CT molecular complexity index is 800. The average Bonchev–Trinajstić information content (AvgIpc) is 3.14. The Morgan fingerprint density at radius 2 is 2.08 bits per heavy atom. The van der Waals surface area contributed by atoms with E-state index in [1.54, 1.807) is 42.5 Å². The molecule has 25 heavy (non-hydrogen) atoms. The van der Waals surface area contributed by atoms with Crippen molar-refractivity contribution in [2.45, 2.75) is 13.5 Å². The van der Waals surface area contributed by atoms with E-state index in [-0.39, 0.29) is 11.8 Å². The first kappa shape index (κ1) is 17.6. The molecule has 7 heteroatoms. The van der Waals surface area contributed by atoms with Crippen LogP contribution in [0.15, 0.2) is 52.4 Å². The molecule has 1 aromatic carbocycles. The van der Waals surface area contributed by atoms with E-state index in [0.29, 0.717) is 35.1 Å². The summed E-state index contributed by atoms with van der Waals surface area (Å²) < 4.78 is 5.41. The predicted molar refractivity (Wildman–Crippen MR) is 102 cm³/mol. The molecule has 1 aliphatic rings. The molecule has 2 heterocycles. The fourth-order valence-electron chi connectivity index (χ4n) is 2.34. The Morgan fingerprint density at radius 1 is 1.20 bits per heavy atom. The van der Waals surface area contributed by atoms with Crippen LogP contribution in [0.2, 0.25) is 0 Å². The summed E-state index contributed by atoms with van der Waals surface area (Å²) in [4.78, 5) is 26.3. The van der Waals surface area contributed by atoms with E-state index < -0.39 is 0 Å². The summed E-state index contributed by atoms with van der Waals surface area (Å²) in [7, 11) is 0. The van der Waals surface area contributed by atoms with Gasteiger partial charge >= 0.3 is 0 Å². The largest absolute Gasteiger partial charge is 0.496 e. The highest BCUT2D eigenvalue weighted by Gasteiger charge is 2.19. The fourth-order valence-corrected chi connectivity index (χ4v) is 3.80. The highest BCUT2D eigenvalue weighted by molar-refractivity contribution is 8.04. The van der Waals surface area contributed by atoms with Crippen molar-refractivity contribution in [3.8, 4) is 0 Å². The highest BCUT2D eigenvalue weighted by Crippen LogP contribution is 2.26. The van der Waals surface area contributed by atoms with Gasteiger partial charge in [0.15, 0.2) is 0 Å². The molecule has 130 valence electrons. The molecule has 0 aliphatic carbocycles. The molecule has 0 saturated carbocycles. The molecule has 2 aromatic rings. The standard InChI is InChI=1S/C18H18N2O3S2/c1-12-16(25-9-7-23-12)18(22)20-14-5-2-4-13(10-14)17(21)19-11-15-6-3-8-24-15/h2-6,8,10H,7,9,11H2,1H3,(H,19,21)(H,20,22). The Morgan fingerprint density at radius 3 is 2.84 bits per heavy atom. The molecule has 0 bridgehead atoms. The molecule has 5 nitrogen and oxygen atoms in total. The number of ether oxygens (including phenoxy) is 1. The van der Waals surface area contributed by atoms with Crippen LogP contribution >= 0.6 is 23.1 Å². The Kier molecular flexibility index (Phi) is 5.78. The molecule has 1 aliphatic heterocycles. The van der Waals surface area contributed by atoms with E-state index in [0.717, 1.165) is 10.6 Å². The molecule has 2 N–H and O–H groups in total. The minimum Gasteiger partial charge on any atom is -0.496 e. The van der Waals surface area contributed by atoms with Crippen LogP contribution in [0.25, 0.3) is 0 Å². The molecular weight excluding hydrogens is 356 g/mol. The van der Waals surface area contributed by atoms with Crippen molar-refractivity contribution >= 4 is 40.6 Å². The maximum atomic E-state index is 12.4. The normalized spacial score (nSPS) is 14.0. The Hall–Kier alpha value is -2.25. The van der Waals surface area contributed by atoms with Gasteiger partial charge in [0.25, 0.3) is 11.8 Å². The first-order valence-electron chi connectivity index (χ1n) is 7.82. The van der Waals surface area contributed by atoms with Crippen LogP contribution in [0.1, 0.15) is 22.2 Å². The Balaban J connectivity index is 1.64.